The third-order valence-electron chi connectivity index (χ3n) is 6.86. The summed E-state index contributed by atoms with van der Waals surface area (Å²) in [7, 11) is -0.636. The van der Waals surface area contributed by atoms with Crippen molar-refractivity contribution < 1.29 is 8.95 Å². The van der Waals surface area contributed by atoms with E-state index >= 15 is 0 Å². The molecule has 1 aromatic carbocycles. The zero-order valence-electron chi connectivity index (χ0n) is 19.1. The number of nitrogens with one attached hydrogen (secondary N) is 1. The summed E-state index contributed by atoms with van der Waals surface area (Å²) < 4.78 is 17.6. The smallest absolute Gasteiger partial charge is 0.225 e. The number of nitrogens with two attached hydrogens (primary N) is 1. The van der Waals surface area contributed by atoms with Crippen LogP contribution in [0.2, 0.25) is 10.0 Å². The van der Waals surface area contributed by atoms with E-state index in [9.17, 15) is 4.21 Å². The SMILES string of the molecule is N[C@@H](Oc1ccc2[nH]nc(-c3cnc(N4CC(C5CCS(=O)C5)C4)nc3)c2c1)c1c(Cl)cncc1Cl. The first-order valence-electron chi connectivity index (χ1n) is 11.6. The third-order valence-corrected chi connectivity index (χ3v) is 8.95. The normalized spacial score (nSPS) is 21.0. The number of aromatic nitrogens is 5. The number of ether oxygens (including phenoxy) is 1. The lowest BCUT2D eigenvalue weighted by Crippen LogP contribution is -2.51. The number of fused-ring (bicyclic) bond motifs is 1. The Morgan fingerprint density at radius 3 is 2.56 bits per heavy atom. The molecule has 5 heterocycles. The van der Waals surface area contributed by atoms with Gasteiger partial charge in [0.25, 0.3) is 0 Å². The van der Waals surface area contributed by atoms with Crippen LogP contribution in [-0.2, 0) is 10.8 Å². The topological polar surface area (TPSA) is 123 Å². The zero-order valence-corrected chi connectivity index (χ0v) is 21.4. The van der Waals surface area contributed by atoms with E-state index in [0.717, 1.165) is 47.5 Å². The van der Waals surface area contributed by atoms with Crippen LogP contribution in [0.3, 0.4) is 0 Å². The van der Waals surface area contributed by atoms with Crippen molar-refractivity contribution in [2.75, 3.05) is 29.5 Å². The molecule has 12 heteroatoms. The molecule has 4 aromatic rings. The molecule has 36 heavy (non-hydrogen) atoms. The van der Waals surface area contributed by atoms with Gasteiger partial charge in [-0.25, -0.2) is 9.97 Å². The van der Waals surface area contributed by atoms with Crippen molar-refractivity contribution in [3.8, 4) is 17.0 Å². The number of pyridine rings is 1. The van der Waals surface area contributed by atoms with Crippen molar-refractivity contribution in [2.24, 2.45) is 17.6 Å². The number of hydrogen-bond acceptors (Lipinski definition) is 8. The Hall–Kier alpha value is -2.79. The van der Waals surface area contributed by atoms with Gasteiger partial charge in [0.05, 0.1) is 15.6 Å². The average Bonchev–Trinajstić information content (AvgIpc) is 3.44. The molecule has 2 fully saturated rings. The van der Waals surface area contributed by atoms with Gasteiger partial charge in [-0.3, -0.25) is 20.0 Å². The van der Waals surface area contributed by atoms with Crippen LogP contribution in [-0.4, -0.2) is 54.0 Å². The Morgan fingerprint density at radius 1 is 1.11 bits per heavy atom. The molecule has 0 bridgehead atoms. The minimum absolute atomic E-state index is 0.337. The largest absolute Gasteiger partial charge is 0.471 e. The number of H-pyrrole nitrogens is 1. The molecule has 0 spiro atoms. The first kappa shape index (κ1) is 23.6. The fraction of sp³-hybridized carbons (Fsp3) is 0.333. The summed E-state index contributed by atoms with van der Waals surface area (Å²) in [6.07, 6.45) is 6.72. The highest BCUT2D eigenvalue weighted by Crippen LogP contribution is 2.35. The fourth-order valence-electron chi connectivity index (χ4n) is 4.83. The zero-order chi connectivity index (χ0) is 24.8. The molecule has 3 atom stereocenters. The maximum absolute atomic E-state index is 11.7. The van der Waals surface area contributed by atoms with Gasteiger partial charge in [0, 0.05) is 76.7 Å². The summed E-state index contributed by atoms with van der Waals surface area (Å²) in [5.41, 5.74) is 9.05. The van der Waals surface area contributed by atoms with E-state index in [1.807, 2.05) is 12.1 Å². The van der Waals surface area contributed by atoms with E-state index in [-0.39, 0.29) is 0 Å². The summed E-state index contributed by atoms with van der Waals surface area (Å²) in [6, 6.07) is 5.53. The Labute approximate surface area is 219 Å². The molecule has 2 saturated heterocycles. The molecule has 0 saturated carbocycles. The lowest BCUT2D eigenvalue weighted by atomic mass is 9.86. The summed E-state index contributed by atoms with van der Waals surface area (Å²) in [5.74, 6) is 4.06. The molecular formula is C24H23Cl2N7O2S. The van der Waals surface area contributed by atoms with Crippen LogP contribution in [0.15, 0.2) is 43.0 Å². The van der Waals surface area contributed by atoms with Gasteiger partial charge in [-0.05, 0) is 36.5 Å². The molecule has 0 aliphatic carbocycles. The predicted octanol–water partition coefficient (Wildman–Crippen LogP) is 3.96. The lowest BCUT2D eigenvalue weighted by Gasteiger charge is -2.42. The van der Waals surface area contributed by atoms with Gasteiger partial charge < -0.3 is 9.64 Å². The van der Waals surface area contributed by atoms with E-state index in [1.165, 1.54) is 12.4 Å². The monoisotopic (exact) mass is 543 g/mol. The second kappa shape index (κ2) is 9.59. The molecular weight excluding hydrogens is 521 g/mol. The van der Waals surface area contributed by atoms with Crippen LogP contribution in [0, 0.1) is 11.8 Å². The van der Waals surface area contributed by atoms with Crippen LogP contribution in [0.4, 0.5) is 5.95 Å². The highest BCUT2D eigenvalue weighted by molar-refractivity contribution is 7.85. The molecule has 3 N–H and O–H groups in total. The highest BCUT2D eigenvalue weighted by atomic mass is 35.5. The maximum Gasteiger partial charge on any atom is 0.225 e. The lowest BCUT2D eigenvalue weighted by molar-refractivity contribution is 0.214. The predicted molar refractivity (Wildman–Crippen MR) is 141 cm³/mol. The Morgan fingerprint density at radius 2 is 1.86 bits per heavy atom. The second-order valence-electron chi connectivity index (χ2n) is 9.13. The molecule has 9 nitrogen and oxygen atoms in total. The van der Waals surface area contributed by atoms with Crippen LogP contribution in [0.5, 0.6) is 5.75 Å². The number of nitrogens with zero attached hydrogens (tertiary/aromatic N) is 5. The maximum atomic E-state index is 11.7. The molecule has 6 rings (SSSR count). The first-order valence-corrected chi connectivity index (χ1v) is 13.8. The first-order chi connectivity index (χ1) is 17.5. The van der Waals surface area contributed by atoms with Crippen LogP contribution < -0.4 is 15.4 Å². The number of halogens is 2. The van der Waals surface area contributed by atoms with Crippen molar-refractivity contribution in [1.82, 2.24) is 25.1 Å². The summed E-state index contributed by atoms with van der Waals surface area (Å²) >= 11 is 12.4. The van der Waals surface area contributed by atoms with Crippen molar-refractivity contribution in [3.63, 3.8) is 0 Å². The molecule has 2 aliphatic rings. The van der Waals surface area contributed by atoms with Crippen LogP contribution in [0.1, 0.15) is 18.2 Å². The van der Waals surface area contributed by atoms with E-state index in [2.05, 4.69) is 30.0 Å². The number of benzene rings is 1. The number of hydrogen-bond donors (Lipinski definition) is 2. The highest BCUT2D eigenvalue weighted by Gasteiger charge is 2.38. The number of aromatic amines is 1. The number of anilines is 1. The van der Waals surface area contributed by atoms with E-state index in [4.69, 9.17) is 33.7 Å². The van der Waals surface area contributed by atoms with Crippen LogP contribution in [0.25, 0.3) is 22.2 Å². The van der Waals surface area contributed by atoms with Crippen molar-refractivity contribution in [3.05, 3.63) is 58.6 Å². The van der Waals surface area contributed by atoms with Gasteiger partial charge >= 0.3 is 0 Å². The Bertz CT molecular complexity index is 1420. The summed E-state index contributed by atoms with van der Waals surface area (Å²) in [6.45, 7) is 1.83. The van der Waals surface area contributed by atoms with Gasteiger partial charge in [-0.1, -0.05) is 23.2 Å². The van der Waals surface area contributed by atoms with Crippen molar-refractivity contribution >= 4 is 50.9 Å². The van der Waals surface area contributed by atoms with Crippen molar-refractivity contribution in [1.29, 1.82) is 0 Å². The van der Waals surface area contributed by atoms with Gasteiger partial charge in [0.2, 0.25) is 5.95 Å². The third kappa shape index (κ3) is 4.43. The molecule has 186 valence electrons. The summed E-state index contributed by atoms with van der Waals surface area (Å²) in [5, 5.41) is 9.03. The second-order valence-corrected chi connectivity index (χ2v) is 11.6. The molecule has 2 aliphatic heterocycles. The van der Waals surface area contributed by atoms with Gasteiger partial charge in [-0.15, -0.1) is 0 Å². The molecule has 0 radical (unpaired) electrons. The van der Waals surface area contributed by atoms with Crippen LogP contribution >= 0.6 is 23.2 Å². The Kier molecular flexibility index (Phi) is 6.28. The number of rotatable bonds is 6. The quantitative estimate of drug-likeness (QED) is 0.350. The van der Waals surface area contributed by atoms with Gasteiger partial charge in [-0.2, -0.15) is 5.10 Å². The molecule has 3 aromatic heterocycles. The van der Waals surface area contributed by atoms with Gasteiger partial charge in [0.15, 0.2) is 6.23 Å². The minimum Gasteiger partial charge on any atom is -0.471 e. The standard InChI is InChI=1S/C24H23Cl2N7O2S/c25-18-8-28-9-19(26)21(18)23(27)35-16-1-2-20-17(5-16)22(32-31-20)14-6-29-24(30-7-14)33-10-15(11-33)13-3-4-36(34)12-13/h1-2,5-9,13,15,23H,3-4,10-12,27H2,(H,31,32)/t13?,23-,36?/m0/s1. The van der Waals surface area contributed by atoms with Gasteiger partial charge in [0.1, 0.15) is 11.4 Å². The van der Waals surface area contributed by atoms with E-state index in [1.54, 1.807) is 18.5 Å². The van der Waals surface area contributed by atoms with Crippen molar-refractivity contribution in [2.45, 2.75) is 12.6 Å². The Balaban J connectivity index is 1.18. The average molecular weight is 544 g/mol. The van der Waals surface area contributed by atoms with E-state index < -0.39 is 17.0 Å². The fourth-order valence-corrected chi connectivity index (χ4v) is 7.05. The molecule has 0 amide bonds. The minimum atomic E-state index is -0.868. The van der Waals surface area contributed by atoms with E-state index in [0.29, 0.717) is 44.8 Å². The summed E-state index contributed by atoms with van der Waals surface area (Å²) in [4.78, 5) is 15.3. The molecule has 2 unspecified atom stereocenters.